The first-order valence-electron chi connectivity index (χ1n) is 7.12. The zero-order valence-corrected chi connectivity index (χ0v) is 11.9. The van der Waals surface area contributed by atoms with Crippen molar-refractivity contribution in [2.75, 3.05) is 39.9 Å². The Hall–Kier alpha value is -0.120. The Bertz CT molecular complexity index is 190. The van der Waals surface area contributed by atoms with Crippen LogP contribution in [0.1, 0.15) is 39.5 Å². The van der Waals surface area contributed by atoms with E-state index in [9.17, 15) is 0 Å². The molecular weight excluding hydrogens is 212 g/mol. The Morgan fingerprint density at radius 1 is 1.24 bits per heavy atom. The van der Waals surface area contributed by atoms with E-state index in [2.05, 4.69) is 25.8 Å². The van der Waals surface area contributed by atoms with Gasteiger partial charge in [-0.2, -0.15) is 0 Å². The molecular formula is C14H30N2O. The predicted molar refractivity (Wildman–Crippen MR) is 73.1 cm³/mol. The van der Waals surface area contributed by atoms with E-state index >= 15 is 0 Å². The van der Waals surface area contributed by atoms with E-state index in [4.69, 9.17) is 10.5 Å². The Morgan fingerprint density at radius 3 is 2.29 bits per heavy atom. The summed E-state index contributed by atoms with van der Waals surface area (Å²) in [5.41, 5.74) is 6.28. The fraction of sp³-hybridized carbons (Fsp3) is 1.00. The maximum Gasteiger partial charge on any atom is 0.0469 e. The third kappa shape index (κ3) is 4.57. The molecule has 1 rings (SSSR count). The van der Waals surface area contributed by atoms with Crippen LogP contribution in [0.5, 0.6) is 0 Å². The maximum atomic E-state index is 5.96. The fourth-order valence-electron chi connectivity index (χ4n) is 2.83. The van der Waals surface area contributed by atoms with Crippen molar-refractivity contribution in [2.45, 2.75) is 39.5 Å². The number of hydrogen-bond donors (Lipinski definition) is 1. The first-order chi connectivity index (χ1) is 8.15. The molecule has 0 aromatic heterocycles. The summed E-state index contributed by atoms with van der Waals surface area (Å²) in [5, 5.41) is 0. The minimum absolute atomic E-state index is 0.319. The summed E-state index contributed by atoms with van der Waals surface area (Å²) in [6, 6.07) is 0. The molecule has 0 bridgehead atoms. The summed E-state index contributed by atoms with van der Waals surface area (Å²) in [6.07, 6.45) is 4.80. The van der Waals surface area contributed by atoms with Crippen LogP contribution in [0.4, 0.5) is 0 Å². The molecule has 3 nitrogen and oxygen atoms in total. The number of nitrogens with two attached hydrogens (primary N) is 1. The highest BCUT2D eigenvalue weighted by Crippen LogP contribution is 2.26. The van der Waals surface area contributed by atoms with Gasteiger partial charge in [0.05, 0.1) is 0 Å². The number of rotatable bonds is 7. The maximum absolute atomic E-state index is 5.96. The SMILES string of the molecule is CCC(CC)(CN)CN(C)CC1CCOCC1. The number of hydrogen-bond acceptors (Lipinski definition) is 3. The van der Waals surface area contributed by atoms with Gasteiger partial charge in [0, 0.05) is 26.3 Å². The summed E-state index contributed by atoms with van der Waals surface area (Å²) >= 11 is 0. The summed E-state index contributed by atoms with van der Waals surface area (Å²) in [5.74, 6) is 0.818. The van der Waals surface area contributed by atoms with E-state index in [0.717, 1.165) is 32.2 Å². The molecule has 1 saturated heterocycles. The molecule has 1 fully saturated rings. The Kier molecular flexibility index (Phi) is 6.45. The third-order valence-electron chi connectivity index (χ3n) is 4.45. The van der Waals surface area contributed by atoms with Gasteiger partial charge >= 0.3 is 0 Å². The van der Waals surface area contributed by atoms with Crippen LogP contribution < -0.4 is 5.73 Å². The number of ether oxygens (including phenoxy) is 1. The minimum atomic E-state index is 0.319. The van der Waals surface area contributed by atoms with Gasteiger partial charge in [0.2, 0.25) is 0 Å². The van der Waals surface area contributed by atoms with E-state index in [1.165, 1.54) is 32.2 Å². The van der Waals surface area contributed by atoms with Gasteiger partial charge in [0.1, 0.15) is 0 Å². The van der Waals surface area contributed by atoms with Crippen LogP contribution in [0, 0.1) is 11.3 Å². The lowest BCUT2D eigenvalue weighted by molar-refractivity contribution is 0.0490. The predicted octanol–water partition coefficient (Wildman–Crippen LogP) is 2.11. The van der Waals surface area contributed by atoms with Crippen LogP contribution in [0.2, 0.25) is 0 Å². The summed E-state index contributed by atoms with van der Waals surface area (Å²) in [7, 11) is 2.24. The number of nitrogens with zero attached hydrogens (tertiary/aromatic N) is 1. The molecule has 3 heteroatoms. The highest BCUT2D eigenvalue weighted by atomic mass is 16.5. The molecule has 1 aliphatic rings. The average molecular weight is 242 g/mol. The largest absolute Gasteiger partial charge is 0.381 e. The molecule has 17 heavy (non-hydrogen) atoms. The van der Waals surface area contributed by atoms with Crippen molar-refractivity contribution < 1.29 is 4.74 Å². The monoisotopic (exact) mass is 242 g/mol. The highest BCUT2D eigenvalue weighted by Gasteiger charge is 2.27. The van der Waals surface area contributed by atoms with Gasteiger partial charge in [-0.1, -0.05) is 13.8 Å². The van der Waals surface area contributed by atoms with E-state index in [1.54, 1.807) is 0 Å². The van der Waals surface area contributed by atoms with Gasteiger partial charge < -0.3 is 15.4 Å². The zero-order valence-electron chi connectivity index (χ0n) is 11.9. The quantitative estimate of drug-likeness (QED) is 0.743. The molecule has 2 N–H and O–H groups in total. The van der Waals surface area contributed by atoms with Crippen LogP contribution in [-0.2, 0) is 4.74 Å². The zero-order chi connectivity index (χ0) is 12.7. The molecule has 0 saturated carbocycles. The van der Waals surface area contributed by atoms with Gasteiger partial charge in [-0.3, -0.25) is 0 Å². The van der Waals surface area contributed by atoms with Gasteiger partial charge in [0.15, 0.2) is 0 Å². The molecule has 0 unspecified atom stereocenters. The molecule has 0 aromatic carbocycles. The topological polar surface area (TPSA) is 38.5 Å². The molecule has 0 amide bonds. The second-order valence-electron chi connectivity index (χ2n) is 5.66. The van der Waals surface area contributed by atoms with E-state index < -0.39 is 0 Å². The average Bonchev–Trinajstić information content (AvgIpc) is 2.37. The van der Waals surface area contributed by atoms with Gasteiger partial charge in [-0.25, -0.2) is 0 Å². The van der Waals surface area contributed by atoms with Gasteiger partial charge in [-0.05, 0) is 50.6 Å². The summed E-state index contributed by atoms with van der Waals surface area (Å²) in [4.78, 5) is 2.48. The molecule has 0 radical (unpaired) electrons. The first-order valence-corrected chi connectivity index (χ1v) is 7.12. The lowest BCUT2D eigenvalue weighted by Gasteiger charge is -2.36. The van der Waals surface area contributed by atoms with Crippen molar-refractivity contribution in [3.63, 3.8) is 0 Å². The second-order valence-corrected chi connectivity index (χ2v) is 5.66. The first kappa shape index (κ1) is 14.9. The van der Waals surface area contributed by atoms with Crippen molar-refractivity contribution in [1.29, 1.82) is 0 Å². The van der Waals surface area contributed by atoms with E-state index in [-0.39, 0.29) is 0 Å². The molecule has 0 aliphatic carbocycles. The normalized spacial score (nSPS) is 18.9. The third-order valence-corrected chi connectivity index (χ3v) is 4.45. The van der Waals surface area contributed by atoms with Gasteiger partial charge in [-0.15, -0.1) is 0 Å². The fourth-order valence-corrected chi connectivity index (χ4v) is 2.83. The lowest BCUT2D eigenvalue weighted by Crippen LogP contribution is -2.42. The standard InChI is InChI=1S/C14H30N2O/c1-4-14(5-2,11-15)12-16(3)10-13-6-8-17-9-7-13/h13H,4-12,15H2,1-3H3. The highest BCUT2D eigenvalue weighted by molar-refractivity contribution is 4.81. The van der Waals surface area contributed by atoms with Crippen molar-refractivity contribution in [1.82, 2.24) is 4.90 Å². The van der Waals surface area contributed by atoms with Crippen molar-refractivity contribution >= 4 is 0 Å². The molecule has 102 valence electrons. The molecule has 0 atom stereocenters. The summed E-state index contributed by atoms with van der Waals surface area (Å²) < 4.78 is 5.41. The smallest absolute Gasteiger partial charge is 0.0469 e. The Labute approximate surface area is 107 Å². The van der Waals surface area contributed by atoms with Crippen LogP contribution in [0.3, 0.4) is 0 Å². The summed E-state index contributed by atoms with van der Waals surface area (Å²) in [6.45, 7) is 9.55. The second kappa shape index (κ2) is 7.34. The molecule has 1 aliphatic heterocycles. The lowest BCUT2D eigenvalue weighted by atomic mass is 9.81. The van der Waals surface area contributed by atoms with Crippen LogP contribution in [0.25, 0.3) is 0 Å². The van der Waals surface area contributed by atoms with Crippen LogP contribution >= 0.6 is 0 Å². The van der Waals surface area contributed by atoms with Crippen molar-refractivity contribution in [3.05, 3.63) is 0 Å². The Morgan fingerprint density at radius 2 is 1.82 bits per heavy atom. The van der Waals surface area contributed by atoms with E-state index in [0.29, 0.717) is 5.41 Å². The van der Waals surface area contributed by atoms with Crippen molar-refractivity contribution in [3.8, 4) is 0 Å². The van der Waals surface area contributed by atoms with E-state index in [1.807, 2.05) is 0 Å². The van der Waals surface area contributed by atoms with Crippen molar-refractivity contribution in [2.24, 2.45) is 17.1 Å². The molecule has 0 aromatic rings. The minimum Gasteiger partial charge on any atom is -0.381 e. The molecule has 0 spiro atoms. The van der Waals surface area contributed by atoms with Crippen LogP contribution in [0.15, 0.2) is 0 Å². The van der Waals surface area contributed by atoms with Crippen LogP contribution in [-0.4, -0.2) is 44.8 Å². The van der Waals surface area contributed by atoms with Gasteiger partial charge in [0.25, 0.3) is 0 Å². The Balaban J connectivity index is 2.38. The molecule has 1 heterocycles.